The van der Waals surface area contributed by atoms with Gasteiger partial charge in [0.25, 0.3) is 5.91 Å². The number of fused-ring (bicyclic) bond motifs is 2. The average Bonchev–Trinajstić information content (AvgIpc) is 3.12. The predicted molar refractivity (Wildman–Crippen MR) is 124 cm³/mol. The second-order valence-corrected chi connectivity index (χ2v) is 10.3. The zero-order valence-electron chi connectivity index (χ0n) is 17.9. The number of nitrogens with zero attached hydrogens (tertiary/aromatic N) is 4. The zero-order valence-corrected chi connectivity index (χ0v) is 18.9. The van der Waals surface area contributed by atoms with Crippen LogP contribution in [0.25, 0.3) is 11.2 Å². The molecule has 30 heavy (non-hydrogen) atoms. The van der Waals surface area contributed by atoms with Gasteiger partial charge in [-0.15, -0.1) is 0 Å². The van der Waals surface area contributed by atoms with Crippen LogP contribution >= 0.6 is 8.58 Å². The summed E-state index contributed by atoms with van der Waals surface area (Å²) >= 11 is 0. The van der Waals surface area contributed by atoms with E-state index in [0.717, 1.165) is 35.6 Å². The summed E-state index contributed by atoms with van der Waals surface area (Å²) in [6.07, 6.45) is 14.8. The van der Waals surface area contributed by atoms with Gasteiger partial charge >= 0.3 is 0 Å². The minimum Gasteiger partial charge on any atom is -0.306 e. The predicted octanol–water partition coefficient (Wildman–Crippen LogP) is 4.40. The molecular weight excluding hydrogens is 391 g/mol. The van der Waals surface area contributed by atoms with Crippen LogP contribution < -0.4 is 0 Å². The van der Waals surface area contributed by atoms with E-state index in [1.807, 2.05) is 40.8 Å². The number of carbonyl (C=O) groups excluding carboxylic acids is 1. The first-order chi connectivity index (χ1) is 14.5. The van der Waals surface area contributed by atoms with Crippen molar-refractivity contribution in [2.45, 2.75) is 45.4 Å². The van der Waals surface area contributed by atoms with Crippen molar-refractivity contribution in [1.82, 2.24) is 19.2 Å². The van der Waals surface area contributed by atoms with Gasteiger partial charge in [-0.1, -0.05) is 20.7 Å². The molecule has 0 aliphatic carbocycles. The first kappa shape index (κ1) is 19.7. The number of amides is 1. The topological polar surface area (TPSA) is 40.9 Å². The molecule has 2 aromatic heterocycles. The number of aromatic nitrogens is 2. The lowest BCUT2D eigenvalue weighted by Crippen LogP contribution is -2.40. The molecule has 3 aliphatic rings. The standard InChI is InChI=1S/C24H29N4OP/c1-16(2)26-10-8-18(9-11-26)21-12-23(29)28-15-20(5-7-24(28)30-21)19-4-6-22-25-17(3)13-27(22)14-19/h4-7,12-16,18,24,30H,8-11H2,1-3H3. The molecule has 0 radical (unpaired) electrons. The van der Waals surface area contributed by atoms with Crippen molar-refractivity contribution in [3.8, 4) is 0 Å². The van der Waals surface area contributed by atoms with E-state index < -0.39 is 0 Å². The van der Waals surface area contributed by atoms with Crippen LogP contribution in [0.2, 0.25) is 0 Å². The molecule has 1 saturated heterocycles. The first-order valence-electron chi connectivity index (χ1n) is 10.9. The first-order valence-corrected chi connectivity index (χ1v) is 12.0. The highest BCUT2D eigenvalue weighted by Gasteiger charge is 2.32. The maximum Gasteiger partial charge on any atom is 0.251 e. The average molecular weight is 420 g/mol. The number of allylic oxidation sites excluding steroid dienone is 3. The van der Waals surface area contributed by atoms with Crippen molar-refractivity contribution in [2.24, 2.45) is 5.92 Å². The molecule has 5 nitrogen and oxygen atoms in total. The molecular formula is C24H29N4OP. The van der Waals surface area contributed by atoms with E-state index in [2.05, 4.69) is 48.1 Å². The lowest BCUT2D eigenvalue weighted by molar-refractivity contribution is -0.123. The van der Waals surface area contributed by atoms with E-state index in [0.29, 0.717) is 20.5 Å². The number of piperidine rings is 1. The number of imidazole rings is 1. The van der Waals surface area contributed by atoms with Gasteiger partial charge in [0.15, 0.2) is 0 Å². The van der Waals surface area contributed by atoms with Gasteiger partial charge in [-0.3, -0.25) is 4.79 Å². The molecule has 0 bridgehead atoms. The molecule has 3 aliphatic heterocycles. The summed E-state index contributed by atoms with van der Waals surface area (Å²) in [6, 6.07) is 4.73. The molecule has 5 heterocycles. The smallest absolute Gasteiger partial charge is 0.251 e. The van der Waals surface area contributed by atoms with Crippen LogP contribution in [0.3, 0.4) is 0 Å². The Labute approximate surface area is 179 Å². The van der Waals surface area contributed by atoms with Crippen LogP contribution in [0.15, 0.2) is 54.3 Å². The third kappa shape index (κ3) is 3.66. The zero-order chi connectivity index (χ0) is 20.8. The Morgan fingerprint density at radius 2 is 1.97 bits per heavy atom. The van der Waals surface area contributed by atoms with Crippen molar-refractivity contribution in [3.63, 3.8) is 0 Å². The third-order valence-electron chi connectivity index (χ3n) is 6.49. The minimum absolute atomic E-state index is 0.126. The lowest BCUT2D eigenvalue weighted by atomic mass is 9.95. The molecule has 2 atom stereocenters. The normalized spacial score (nSPS) is 23.9. The molecule has 0 N–H and O–H groups in total. The highest BCUT2D eigenvalue weighted by Crippen LogP contribution is 2.46. The van der Waals surface area contributed by atoms with E-state index in [1.165, 1.54) is 18.2 Å². The van der Waals surface area contributed by atoms with Crippen LogP contribution in [0.4, 0.5) is 0 Å². The molecule has 1 amide bonds. The van der Waals surface area contributed by atoms with Gasteiger partial charge in [0.1, 0.15) is 5.65 Å². The van der Waals surface area contributed by atoms with Crippen LogP contribution in [0.1, 0.15) is 37.9 Å². The highest BCUT2D eigenvalue weighted by molar-refractivity contribution is 7.44. The van der Waals surface area contributed by atoms with E-state index in [-0.39, 0.29) is 11.7 Å². The molecule has 2 unspecified atom stereocenters. The Bertz CT molecular complexity index is 1070. The minimum atomic E-state index is 0.126. The largest absolute Gasteiger partial charge is 0.306 e. The quantitative estimate of drug-likeness (QED) is 0.691. The fourth-order valence-electron chi connectivity index (χ4n) is 4.72. The van der Waals surface area contributed by atoms with Gasteiger partial charge in [-0.25, -0.2) is 4.98 Å². The number of rotatable bonds is 3. The summed E-state index contributed by atoms with van der Waals surface area (Å²) < 4.78 is 2.05. The molecule has 5 rings (SSSR count). The van der Waals surface area contributed by atoms with Gasteiger partial charge in [0.05, 0.1) is 11.5 Å². The summed E-state index contributed by atoms with van der Waals surface area (Å²) in [4.78, 5) is 22.0. The Balaban J connectivity index is 1.34. The molecule has 0 saturated carbocycles. The van der Waals surface area contributed by atoms with Gasteiger partial charge in [-0.05, 0) is 81.2 Å². The molecule has 0 aromatic carbocycles. The van der Waals surface area contributed by atoms with Crippen LogP contribution in [-0.4, -0.2) is 50.0 Å². The molecule has 1 fully saturated rings. The second-order valence-electron chi connectivity index (χ2n) is 8.85. The number of likely N-dealkylation sites (tertiary alicyclic amines) is 1. The summed E-state index contributed by atoms with van der Waals surface area (Å²) in [5, 5.41) is 1.38. The summed E-state index contributed by atoms with van der Waals surface area (Å²) in [5.74, 6) is 0.861. The maximum atomic E-state index is 13.0. The number of carbonyl (C=O) groups is 1. The van der Waals surface area contributed by atoms with Crippen molar-refractivity contribution >= 4 is 25.7 Å². The Hall–Kier alpha value is -2.23. The van der Waals surface area contributed by atoms with Gasteiger partial charge in [0, 0.05) is 30.7 Å². The second kappa shape index (κ2) is 7.79. The lowest BCUT2D eigenvalue weighted by Gasteiger charge is -2.39. The van der Waals surface area contributed by atoms with E-state index in [4.69, 9.17) is 0 Å². The molecule has 156 valence electrons. The Morgan fingerprint density at radius 3 is 2.73 bits per heavy atom. The Morgan fingerprint density at radius 1 is 1.17 bits per heavy atom. The summed E-state index contributed by atoms with van der Waals surface area (Å²) in [6.45, 7) is 8.82. The van der Waals surface area contributed by atoms with Gasteiger partial charge in [0.2, 0.25) is 0 Å². The summed E-state index contributed by atoms with van der Waals surface area (Å²) in [5.41, 5.74) is 4.12. The van der Waals surface area contributed by atoms with Crippen molar-refractivity contribution in [2.75, 3.05) is 13.1 Å². The molecule has 6 heteroatoms. The van der Waals surface area contributed by atoms with Gasteiger partial charge < -0.3 is 14.2 Å². The SMILES string of the molecule is Cc1cn2cc(C3=CN4C(=O)C=C(C5CCN(C(C)C)CC5)PC4C=C3)ccc2n1. The third-order valence-corrected chi connectivity index (χ3v) is 8.14. The monoisotopic (exact) mass is 420 g/mol. The molecule has 0 spiro atoms. The van der Waals surface area contributed by atoms with Crippen molar-refractivity contribution in [3.05, 3.63) is 65.5 Å². The molecule has 2 aromatic rings. The number of pyridine rings is 1. The highest BCUT2D eigenvalue weighted by atomic mass is 31.1. The number of hydrogen-bond acceptors (Lipinski definition) is 3. The maximum absolute atomic E-state index is 13.0. The van der Waals surface area contributed by atoms with Crippen LogP contribution in [0, 0.1) is 12.8 Å². The van der Waals surface area contributed by atoms with Gasteiger partial charge in [-0.2, -0.15) is 0 Å². The van der Waals surface area contributed by atoms with Crippen LogP contribution in [0.5, 0.6) is 0 Å². The number of aryl methyl sites for hydroxylation is 1. The summed E-state index contributed by atoms with van der Waals surface area (Å²) in [7, 11) is 0.662. The Kier molecular flexibility index (Phi) is 5.12. The van der Waals surface area contributed by atoms with Crippen molar-refractivity contribution < 1.29 is 4.79 Å². The number of hydrogen-bond donors (Lipinski definition) is 0. The van der Waals surface area contributed by atoms with E-state index in [1.54, 1.807) is 0 Å². The van der Waals surface area contributed by atoms with E-state index in [9.17, 15) is 4.79 Å². The van der Waals surface area contributed by atoms with E-state index >= 15 is 0 Å². The fourth-order valence-corrected chi connectivity index (χ4v) is 6.33. The fraction of sp³-hybridized carbons (Fsp3) is 0.417. The van der Waals surface area contributed by atoms with Crippen LogP contribution in [-0.2, 0) is 4.79 Å². The van der Waals surface area contributed by atoms with Crippen molar-refractivity contribution in [1.29, 1.82) is 0 Å².